The summed E-state index contributed by atoms with van der Waals surface area (Å²) >= 11 is 0. The standard InChI is InChI=1S/C16H19N3O3/c1-21-11-10-18-16(20)12-6-5-9-17-15(12)19-13-7-3-4-8-14(13)22-2/h3-9H,10-11H2,1-2H3,(H,17,19)(H,18,20). The van der Waals surface area contributed by atoms with Crippen molar-refractivity contribution in [2.45, 2.75) is 0 Å². The molecule has 0 aliphatic rings. The Bertz CT molecular complexity index is 632. The van der Waals surface area contributed by atoms with Crippen LogP contribution in [-0.2, 0) is 4.74 Å². The molecule has 0 unspecified atom stereocenters. The first kappa shape index (κ1) is 15.8. The van der Waals surface area contributed by atoms with Crippen molar-refractivity contribution in [1.82, 2.24) is 10.3 Å². The fraction of sp³-hybridized carbons (Fsp3) is 0.250. The van der Waals surface area contributed by atoms with E-state index in [1.165, 1.54) is 0 Å². The molecule has 6 nitrogen and oxygen atoms in total. The minimum atomic E-state index is -0.206. The van der Waals surface area contributed by atoms with E-state index in [1.54, 1.807) is 32.5 Å². The number of anilines is 2. The molecule has 0 fully saturated rings. The topological polar surface area (TPSA) is 72.5 Å². The monoisotopic (exact) mass is 301 g/mol. The molecule has 0 aliphatic carbocycles. The summed E-state index contributed by atoms with van der Waals surface area (Å²) in [4.78, 5) is 16.4. The van der Waals surface area contributed by atoms with Crippen molar-refractivity contribution in [2.24, 2.45) is 0 Å². The molecule has 6 heteroatoms. The minimum absolute atomic E-state index is 0.206. The van der Waals surface area contributed by atoms with Gasteiger partial charge in [0.25, 0.3) is 5.91 Å². The Morgan fingerprint density at radius 1 is 1.18 bits per heavy atom. The lowest BCUT2D eigenvalue weighted by atomic mass is 10.2. The molecule has 1 amide bonds. The highest BCUT2D eigenvalue weighted by atomic mass is 16.5. The van der Waals surface area contributed by atoms with Gasteiger partial charge in [0.1, 0.15) is 11.6 Å². The third-order valence-corrected chi connectivity index (χ3v) is 3.00. The van der Waals surface area contributed by atoms with E-state index in [0.29, 0.717) is 30.3 Å². The number of pyridine rings is 1. The molecule has 1 aromatic carbocycles. The van der Waals surface area contributed by atoms with Gasteiger partial charge in [-0.2, -0.15) is 0 Å². The molecule has 0 radical (unpaired) electrons. The smallest absolute Gasteiger partial charge is 0.255 e. The van der Waals surface area contributed by atoms with Crippen molar-refractivity contribution in [3.63, 3.8) is 0 Å². The molecular formula is C16H19N3O3. The number of ether oxygens (including phenoxy) is 2. The van der Waals surface area contributed by atoms with Crippen LogP contribution in [-0.4, -0.2) is 38.3 Å². The average molecular weight is 301 g/mol. The Hall–Kier alpha value is -2.60. The van der Waals surface area contributed by atoms with Crippen molar-refractivity contribution in [3.05, 3.63) is 48.2 Å². The highest BCUT2D eigenvalue weighted by Gasteiger charge is 2.13. The predicted molar refractivity (Wildman–Crippen MR) is 84.7 cm³/mol. The van der Waals surface area contributed by atoms with Gasteiger partial charge in [-0.25, -0.2) is 4.98 Å². The normalized spacial score (nSPS) is 10.1. The summed E-state index contributed by atoms with van der Waals surface area (Å²) in [6.07, 6.45) is 1.63. The number of aromatic nitrogens is 1. The highest BCUT2D eigenvalue weighted by molar-refractivity contribution is 5.99. The van der Waals surface area contributed by atoms with Crippen LogP contribution in [0, 0.1) is 0 Å². The van der Waals surface area contributed by atoms with Gasteiger partial charge >= 0.3 is 0 Å². The van der Waals surface area contributed by atoms with Crippen LogP contribution >= 0.6 is 0 Å². The van der Waals surface area contributed by atoms with Gasteiger partial charge in [0.05, 0.1) is 25.0 Å². The van der Waals surface area contributed by atoms with Crippen LogP contribution in [0.5, 0.6) is 5.75 Å². The summed E-state index contributed by atoms with van der Waals surface area (Å²) in [5, 5.41) is 5.91. The Morgan fingerprint density at radius 3 is 2.77 bits per heavy atom. The molecule has 1 aromatic heterocycles. The lowest BCUT2D eigenvalue weighted by Gasteiger charge is -2.13. The molecule has 22 heavy (non-hydrogen) atoms. The largest absolute Gasteiger partial charge is 0.495 e. The van der Waals surface area contributed by atoms with Crippen LogP contribution < -0.4 is 15.4 Å². The second-order valence-corrected chi connectivity index (χ2v) is 4.47. The third kappa shape index (κ3) is 3.95. The Labute approximate surface area is 129 Å². The van der Waals surface area contributed by atoms with Gasteiger partial charge in [-0.05, 0) is 24.3 Å². The van der Waals surface area contributed by atoms with E-state index in [2.05, 4.69) is 15.6 Å². The number of carbonyl (C=O) groups excluding carboxylic acids is 1. The summed E-state index contributed by atoms with van der Waals surface area (Å²) < 4.78 is 10.2. The average Bonchev–Trinajstić information content (AvgIpc) is 2.56. The minimum Gasteiger partial charge on any atom is -0.495 e. The first-order valence-electron chi connectivity index (χ1n) is 6.88. The molecule has 2 N–H and O–H groups in total. The molecule has 2 rings (SSSR count). The molecule has 1 heterocycles. The van der Waals surface area contributed by atoms with Crippen LogP contribution in [0.1, 0.15) is 10.4 Å². The fourth-order valence-electron chi connectivity index (χ4n) is 1.93. The molecule has 0 aliphatic heterocycles. The van der Waals surface area contributed by atoms with E-state index in [9.17, 15) is 4.79 Å². The van der Waals surface area contributed by atoms with Crippen LogP contribution in [0.25, 0.3) is 0 Å². The molecular weight excluding hydrogens is 282 g/mol. The molecule has 0 spiro atoms. The van der Waals surface area contributed by atoms with E-state index in [1.807, 2.05) is 24.3 Å². The summed E-state index contributed by atoms with van der Waals surface area (Å²) in [7, 11) is 3.18. The van der Waals surface area contributed by atoms with E-state index >= 15 is 0 Å². The zero-order valence-corrected chi connectivity index (χ0v) is 12.6. The Balaban J connectivity index is 2.19. The van der Waals surface area contributed by atoms with Crippen molar-refractivity contribution in [1.29, 1.82) is 0 Å². The van der Waals surface area contributed by atoms with Crippen molar-refractivity contribution in [2.75, 3.05) is 32.7 Å². The first-order valence-corrected chi connectivity index (χ1v) is 6.88. The third-order valence-electron chi connectivity index (χ3n) is 3.00. The summed E-state index contributed by atoms with van der Waals surface area (Å²) in [6, 6.07) is 10.9. The number of amides is 1. The van der Waals surface area contributed by atoms with Gasteiger partial charge in [0.15, 0.2) is 0 Å². The van der Waals surface area contributed by atoms with Gasteiger partial charge in [0, 0.05) is 19.9 Å². The maximum absolute atomic E-state index is 12.2. The van der Waals surface area contributed by atoms with Crippen LogP contribution in [0.4, 0.5) is 11.5 Å². The maximum atomic E-state index is 12.2. The van der Waals surface area contributed by atoms with Crippen LogP contribution in [0.15, 0.2) is 42.6 Å². The number of methoxy groups -OCH3 is 2. The van der Waals surface area contributed by atoms with Gasteiger partial charge < -0.3 is 20.1 Å². The second-order valence-electron chi connectivity index (χ2n) is 4.47. The zero-order valence-electron chi connectivity index (χ0n) is 12.6. The number of hydrogen-bond donors (Lipinski definition) is 2. The number of nitrogens with one attached hydrogen (secondary N) is 2. The maximum Gasteiger partial charge on any atom is 0.255 e. The molecule has 2 aromatic rings. The Kier molecular flexibility index (Phi) is 5.73. The Morgan fingerprint density at radius 2 is 2.00 bits per heavy atom. The first-order chi connectivity index (χ1) is 10.8. The zero-order chi connectivity index (χ0) is 15.8. The summed E-state index contributed by atoms with van der Waals surface area (Å²) in [5.74, 6) is 0.948. The molecule has 0 saturated heterocycles. The van der Waals surface area contributed by atoms with Gasteiger partial charge in [-0.3, -0.25) is 4.79 Å². The SMILES string of the molecule is COCCNC(=O)c1cccnc1Nc1ccccc1OC. The molecule has 0 bridgehead atoms. The van der Waals surface area contributed by atoms with Crippen LogP contribution in [0.2, 0.25) is 0 Å². The quantitative estimate of drug-likeness (QED) is 0.767. The summed E-state index contributed by atoms with van der Waals surface area (Å²) in [6.45, 7) is 0.902. The predicted octanol–water partition coefficient (Wildman–Crippen LogP) is 2.21. The van der Waals surface area contributed by atoms with E-state index in [4.69, 9.17) is 9.47 Å². The number of carbonyl (C=O) groups is 1. The lowest BCUT2D eigenvalue weighted by molar-refractivity contribution is 0.0937. The number of para-hydroxylation sites is 2. The van der Waals surface area contributed by atoms with Gasteiger partial charge in [-0.15, -0.1) is 0 Å². The molecule has 0 saturated carbocycles. The van der Waals surface area contributed by atoms with Gasteiger partial charge in [0.2, 0.25) is 0 Å². The highest BCUT2D eigenvalue weighted by Crippen LogP contribution is 2.27. The number of hydrogen-bond acceptors (Lipinski definition) is 5. The van der Waals surface area contributed by atoms with Crippen LogP contribution in [0.3, 0.4) is 0 Å². The number of rotatable bonds is 7. The van der Waals surface area contributed by atoms with E-state index in [0.717, 1.165) is 5.69 Å². The number of nitrogens with zero attached hydrogens (tertiary/aromatic N) is 1. The van der Waals surface area contributed by atoms with Gasteiger partial charge in [-0.1, -0.05) is 12.1 Å². The van der Waals surface area contributed by atoms with Crippen molar-refractivity contribution < 1.29 is 14.3 Å². The second kappa shape index (κ2) is 7.99. The van der Waals surface area contributed by atoms with E-state index < -0.39 is 0 Å². The molecule has 116 valence electrons. The van der Waals surface area contributed by atoms with E-state index in [-0.39, 0.29) is 5.91 Å². The lowest BCUT2D eigenvalue weighted by Crippen LogP contribution is -2.27. The van der Waals surface area contributed by atoms with Crippen molar-refractivity contribution >= 4 is 17.4 Å². The molecule has 0 atom stereocenters. The summed E-state index contributed by atoms with van der Waals surface area (Å²) in [5.41, 5.74) is 1.21. The fourth-order valence-corrected chi connectivity index (χ4v) is 1.93. The number of benzene rings is 1. The van der Waals surface area contributed by atoms with Crippen molar-refractivity contribution in [3.8, 4) is 5.75 Å².